The van der Waals surface area contributed by atoms with Crippen LogP contribution in [0.2, 0.25) is 0 Å². The molecule has 0 saturated heterocycles. The molecule has 4 aromatic rings. The Balaban J connectivity index is 1.66. The summed E-state index contributed by atoms with van der Waals surface area (Å²) in [5.41, 5.74) is 3.38. The van der Waals surface area contributed by atoms with E-state index in [1.54, 1.807) is 30.7 Å². The van der Waals surface area contributed by atoms with E-state index in [-0.39, 0.29) is 6.61 Å². The summed E-state index contributed by atoms with van der Waals surface area (Å²) in [4.78, 5) is 21.8. The second-order valence-electron chi connectivity index (χ2n) is 7.30. The van der Waals surface area contributed by atoms with Crippen LogP contribution in [0.15, 0.2) is 58.4 Å². The molecule has 0 amide bonds. The first-order chi connectivity index (χ1) is 15.3. The Hall–Kier alpha value is -3.50. The maximum absolute atomic E-state index is 12.4. The van der Waals surface area contributed by atoms with E-state index in [0.29, 0.717) is 27.7 Å². The highest BCUT2D eigenvalue weighted by Gasteiger charge is 2.20. The third kappa shape index (κ3) is 4.27. The molecule has 164 valence electrons. The lowest BCUT2D eigenvalue weighted by Crippen LogP contribution is -2.23. The van der Waals surface area contributed by atoms with Gasteiger partial charge >= 0.3 is 5.69 Å². The van der Waals surface area contributed by atoms with Crippen LogP contribution >= 0.6 is 0 Å². The first-order valence-corrected chi connectivity index (χ1v) is 11.4. The van der Waals surface area contributed by atoms with Gasteiger partial charge in [-0.15, -0.1) is 0 Å². The van der Waals surface area contributed by atoms with Gasteiger partial charge in [-0.25, -0.2) is 14.8 Å². The van der Waals surface area contributed by atoms with Gasteiger partial charge in [0.2, 0.25) is 0 Å². The zero-order valence-electron chi connectivity index (χ0n) is 18.1. The average molecular weight is 451 g/mol. The number of rotatable bonds is 6. The maximum atomic E-state index is 12.4. The molecule has 0 spiro atoms. The fourth-order valence-electron chi connectivity index (χ4n) is 3.32. The molecule has 0 aliphatic heterocycles. The normalized spacial score (nSPS) is 12.0. The molecule has 0 radical (unpaired) electrons. The van der Waals surface area contributed by atoms with Crippen LogP contribution in [0.4, 0.5) is 0 Å². The first kappa shape index (κ1) is 21.7. The molecule has 0 bridgehead atoms. The maximum Gasteiger partial charge on any atom is 0.368 e. The Morgan fingerprint density at radius 2 is 1.94 bits per heavy atom. The molecule has 1 atom stereocenters. The van der Waals surface area contributed by atoms with Crippen molar-refractivity contribution < 1.29 is 9.29 Å². The van der Waals surface area contributed by atoms with E-state index >= 15 is 0 Å². The van der Waals surface area contributed by atoms with E-state index < -0.39 is 16.9 Å². The van der Waals surface area contributed by atoms with Crippen molar-refractivity contribution in [1.29, 1.82) is 0 Å². The summed E-state index contributed by atoms with van der Waals surface area (Å²) in [6, 6.07) is 12.8. The van der Waals surface area contributed by atoms with Gasteiger partial charge in [0, 0.05) is 24.5 Å². The van der Waals surface area contributed by atoms with E-state index in [4.69, 9.17) is 4.74 Å². The van der Waals surface area contributed by atoms with Crippen molar-refractivity contribution >= 4 is 11.2 Å². The molecule has 0 saturated carbocycles. The van der Waals surface area contributed by atoms with Crippen LogP contribution in [0.1, 0.15) is 16.8 Å². The monoisotopic (exact) mass is 450 g/mol. The van der Waals surface area contributed by atoms with E-state index in [2.05, 4.69) is 20.4 Å². The Kier molecular flexibility index (Phi) is 6.06. The summed E-state index contributed by atoms with van der Waals surface area (Å²) >= 11 is -1.29. The molecular weight excluding hydrogens is 428 g/mol. The second-order valence-corrected chi connectivity index (χ2v) is 8.64. The van der Waals surface area contributed by atoms with Gasteiger partial charge in [-0.1, -0.05) is 6.07 Å². The molecule has 0 aliphatic carbocycles. The van der Waals surface area contributed by atoms with Gasteiger partial charge < -0.3 is 9.29 Å². The number of benzene rings is 2. The molecule has 4 rings (SSSR count). The van der Waals surface area contributed by atoms with Crippen molar-refractivity contribution in [3.8, 4) is 22.8 Å². The predicted octanol–water partition coefficient (Wildman–Crippen LogP) is 2.36. The number of nitrogens with zero attached hydrogens (tertiary/aromatic N) is 6. The summed E-state index contributed by atoms with van der Waals surface area (Å²) in [6.45, 7) is 3.96. The molecule has 1 unspecified atom stereocenters. The van der Waals surface area contributed by atoms with Gasteiger partial charge in [-0.05, 0) is 77.4 Å². The van der Waals surface area contributed by atoms with Gasteiger partial charge in [0.25, 0.3) is 0 Å². The largest absolute Gasteiger partial charge is 0.612 e. The van der Waals surface area contributed by atoms with Crippen LogP contribution in [-0.2, 0) is 24.8 Å². The molecular formula is C22H22N6O3S. The van der Waals surface area contributed by atoms with Crippen LogP contribution < -0.4 is 10.4 Å². The van der Waals surface area contributed by atoms with Crippen molar-refractivity contribution in [2.75, 3.05) is 6.26 Å². The number of aryl methyl sites for hydroxylation is 3. The minimum atomic E-state index is -1.29. The fraction of sp³-hybridized carbons (Fsp3) is 0.227. The first-order valence-electron chi connectivity index (χ1n) is 9.83. The smallest absolute Gasteiger partial charge is 0.368 e. The third-order valence-electron chi connectivity index (χ3n) is 4.97. The predicted molar refractivity (Wildman–Crippen MR) is 120 cm³/mol. The lowest BCUT2D eigenvalue weighted by molar-refractivity contribution is 0.300. The number of hydrogen-bond donors (Lipinski definition) is 0. The Labute approximate surface area is 187 Å². The molecule has 0 aliphatic rings. The SMILES string of the molecule is Cc1ccnc(-c2ccc(OCc3c(-n4nnn(C)c4=O)cccc3[S+](C)[O-])c(C)c2)n1. The number of tetrazole rings is 1. The second kappa shape index (κ2) is 8.93. The molecule has 2 aromatic heterocycles. The lowest BCUT2D eigenvalue weighted by atomic mass is 10.1. The fourth-order valence-corrected chi connectivity index (χ4v) is 4.10. The molecule has 0 fully saturated rings. The summed E-state index contributed by atoms with van der Waals surface area (Å²) in [5, 5.41) is 7.69. The van der Waals surface area contributed by atoms with Crippen molar-refractivity contribution in [2.24, 2.45) is 7.05 Å². The quantitative estimate of drug-likeness (QED) is 0.415. The highest BCUT2D eigenvalue weighted by Crippen LogP contribution is 2.28. The van der Waals surface area contributed by atoms with E-state index in [0.717, 1.165) is 21.5 Å². The topological polar surface area (TPSA) is 111 Å². The van der Waals surface area contributed by atoms with Gasteiger partial charge in [0.05, 0.1) is 11.3 Å². The minimum Gasteiger partial charge on any atom is -0.612 e. The summed E-state index contributed by atoms with van der Waals surface area (Å²) in [7, 11) is 1.52. The molecule has 2 heterocycles. The highest BCUT2D eigenvalue weighted by molar-refractivity contribution is 7.90. The van der Waals surface area contributed by atoms with Crippen LogP contribution in [-0.4, -0.2) is 40.6 Å². The van der Waals surface area contributed by atoms with Crippen molar-refractivity contribution in [2.45, 2.75) is 25.3 Å². The lowest BCUT2D eigenvalue weighted by Gasteiger charge is -2.16. The van der Waals surface area contributed by atoms with Crippen LogP contribution in [0.25, 0.3) is 17.1 Å². The minimum absolute atomic E-state index is 0.106. The van der Waals surface area contributed by atoms with Crippen LogP contribution in [0.3, 0.4) is 0 Å². The van der Waals surface area contributed by atoms with Crippen molar-refractivity contribution in [3.05, 3.63) is 76.0 Å². The molecule has 32 heavy (non-hydrogen) atoms. The van der Waals surface area contributed by atoms with E-state index in [9.17, 15) is 9.35 Å². The number of ether oxygens (including phenoxy) is 1. The number of hydrogen-bond acceptors (Lipinski definition) is 7. The van der Waals surface area contributed by atoms with Crippen molar-refractivity contribution in [3.63, 3.8) is 0 Å². The van der Waals surface area contributed by atoms with Gasteiger partial charge in [-0.2, -0.15) is 9.36 Å². The summed E-state index contributed by atoms with van der Waals surface area (Å²) in [6.07, 6.45) is 3.32. The molecule has 9 nitrogen and oxygen atoms in total. The van der Waals surface area contributed by atoms with Crippen LogP contribution in [0, 0.1) is 13.8 Å². The Morgan fingerprint density at radius 1 is 1.12 bits per heavy atom. The zero-order valence-corrected chi connectivity index (χ0v) is 19.0. The Bertz CT molecular complexity index is 1330. The standard InChI is InChI=1S/C22H22N6O3S/c1-14-12-16(21-23-11-10-15(2)24-21)8-9-19(14)31-13-17-18(6-5-7-20(17)32(4)30)28-22(29)27(3)25-26-28/h5-12H,13H2,1-4H3. The number of aromatic nitrogens is 6. The third-order valence-corrected chi connectivity index (χ3v) is 5.97. The molecule has 10 heteroatoms. The average Bonchev–Trinajstić information content (AvgIpc) is 3.10. The van der Waals surface area contributed by atoms with E-state index in [1.807, 2.05) is 38.1 Å². The molecule has 0 N–H and O–H groups in total. The molecule has 2 aromatic carbocycles. The van der Waals surface area contributed by atoms with Crippen molar-refractivity contribution in [1.82, 2.24) is 29.8 Å². The highest BCUT2D eigenvalue weighted by atomic mass is 32.2. The zero-order chi connectivity index (χ0) is 22.8. The van der Waals surface area contributed by atoms with Gasteiger partial charge in [0.1, 0.15) is 18.6 Å². The summed E-state index contributed by atoms with van der Waals surface area (Å²) < 4.78 is 20.8. The Morgan fingerprint density at radius 3 is 2.59 bits per heavy atom. The van der Waals surface area contributed by atoms with Crippen LogP contribution in [0.5, 0.6) is 5.75 Å². The van der Waals surface area contributed by atoms with Gasteiger partial charge in [0.15, 0.2) is 10.7 Å². The van der Waals surface area contributed by atoms with E-state index in [1.165, 1.54) is 11.7 Å². The van der Waals surface area contributed by atoms with Gasteiger partial charge in [-0.3, -0.25) is 0 Å². The summed E-state index contributed by atoms with van der Waals surface area (Å²) in [5.74, 6) is 1.31.